The first-order valence-electron chi connectivity index (χ1n) is 10.2. The SMILES string of the molecule is Cc1ccc(-c2nc3ccccc3c(C(=O)Nc3nc(C)c(C(=O)N(C)C)s3)c2C)cc1. The van der Waals surface area contributed by atoms with E-state index >= 15 is 0 Å². The molecule has 32 heavy (non-hydrogen) atoms. The smallest absolute Gasteiger partial charge is 0.265 e. The van der Waals surface area contributed by atoms with Crippen LogP contribution in [0.5, 0.6) is 0 Å². The summed E-state index contributed by atoms with van der Waals surface area (Å²) in [5, 5.41) is 4.08. The summed E-state index contributed by atoms with van der Waals surface area (Å²) in [5.74, 6) is -0.403. The van der Waals surface area contributed by atoms with Crippen molar-refractivity contribution in [2.45, 2.75) is 20.8 Å². The minimum atomic E-state index is -0.271. The van der Waals surface area contributed by atoms with Gasteiger partial charge in [0.05, 0.1) is 22.5 Å². The van der Waals surface area contributed by atoms with Crippen LogP contribution >= 0.6 is 11.3 Å². The van der Waals surface area contributed by atoms with Gasteiger partial charge in [-0.05, 0) is 32.4 Å². The van der Waals surface area contributed by atoms with Gasteiger partial charge in [0.25, 0.3) is 11.8 Å². The maximum absolute atomic E-state index is 13.4. The number of pyridine rings is 1. The van der Waals surface area contributed by atoms with Crippen molar-refractivity contribution in [2.24, 2.45) is 0 Å². The number of hydrogen-bond donors (Lipinski definition) is 1. The number of fused-ring (bicyclic) bond motifs is 1. The molecule has 1 N–H and O–H groups in total. The maximum Gasteiger partial charge on any atom is 0.265 e. The summed E-state index contributed by atoms with van der Waals surface area (Å²) in [6.07, 6.45) is 0. The highest BCUT2D eigenvalue weighted by molar-refractivity contribution is 7.17. The first-order valence-corrected chi connectivity index (χ1v) is 11.0. The number of aryl methyl sites for hydroxylation is 2. The number of nitrogens with zero attached hydrogens (tertiary/aromatic N) is 3. The lowest BCUT2D eigenvalue weighted by Crippen LogP contribution is -2.21. The number of thiazole rings is 1. The Balaban J connectivity index is 1.79. The Labute approximate surface area is 190 Å². The predicted molar refractivity (Wildman–Crippen MR) is 129 cm³/mol. The number of amides is 2. The molecule has 2 amide bonds. The summed E-state index contributed by atoms with van der Waals surface area (Å²) >= 11 is 1.18. The Hall–Kier alpha value is -3.58. The Kier molecular flexibility index (Phi) is 5.76. The molecule has 0 aliphatic rings. The largest absolute Gasteiger partial charge is 0.344 e. The molecule has 0 spiro atoms. The molecule has 0 aliphatic heterocycles. The Morgan fingerprint density at radius 1 is 0.938 bits per heavy atom. The minimum Gasteiger partial charge on any atom is -0.344 e. The Bertz CT molecular complexity index is 1340. The van der Waals surface area contributed by atoms with Crippen LogP contribution < -0.4 is 5.32 Å². The van der Waals surface area contributed by atoms with E-state index in [2.05, 4.69) is 10.3 Å². The van der Waals surface area contributed by atoms with Crippen LogP contribution in [0.4, 0.5) is 5.13 Å². The zero-order chi connectivity index (χ0) is 23.0. The van der Waals surface area contributed by atoms with Crippen molar-refractivity contribution in [3.63, 3.8) is 0 Å². The zero-order valence-electron chi connectivity index (χ0n) is 18.7. The summed E-state index contributed by atoms with van der Waals surface area (Å²) < 4.78 is 0. The molecule has 0 fully saturated rings. The van der Waals surface area contributed by atoms with Crippen LogP contribution in [0.2, 0.25) is 0 Å². The Morgan fingerprint density at radius 3 is 2.31 bits per heavy atom. The highest BCUT2D eigenvalue weighted by Crippen LogP contribution is 2.31. The number of carbonyl (C=O) groups is 2. The lowest BCUT2D eigenvalue weighted by molar-refractivity contribution is 0.0831. The topological polar surface area (TPSA) is 75.2 Å². The molecule has 2 heterocycles. The van der Waals surface area contributed by atoms with E-state index in [1.165, 1.54) is 16.2 Å². The number of rotatable bonds is 4. The van der Waals surface area contributed by atoms with E-state index in [1.807, 2.05) is 62.4 Å². The Morgan fingerprint density at radius 2 is 1.62 bits per heavy atom. The van der Waals surface area contributed by atoms with Crippen LogP contribution in [0.15, 0.2) is 48.5 Å². The van der Waals surface area contributed by atoms with E-state index in [4.69, 9.17) is 4.98 Å². The van der Waals surface area contributed by atoms with Crippen molar-refractivity contribution in [3.8, 4) is 11.3 Å². The number of benzene rings is 2. The van der Waals surface area contributed by atoms with Crippen LogP contribution in [0.1, 0.15) is 36.9 Å². The molecule has 0 atom stereocenters. The summed E-state index contributed by atoms with van der Waals surface area (Å²) in [5.41, 5.74) is 5.58. The van der Waals surface area contributed by atoms with E-state index in [1.54, 1.807) is 21.0 Å². The third kappa shape index (κ3) is 3.99. The van der Waals surface area contributed by atoms with Crippen molar-refractivity contribution in [1.29, 1.82) is 0 Å². The number of aromatic nitrogens is 2. The normalized spacial score (nSPS) is 10.9. The van der Waals surface area contributed by atoms with E-state index in [0.717, 1.165) is 33.3 Å². The fraction of sp³-hybridized carbons (Fsp3) is 0.200. The molecular weight excluding hydrogens is 420 g/mol. The quantitative estimate of drug-likeness (QED) is 0.467. The molecule has 0 bridgehead atoms. The summed E-state index contributed by atoms with van der Waals surface area (Å²) in [7, 11) is 3.39. The van der Waals surface area contributed by atoms with Crippen molar-refractivity contribution in [2.75, 3.05) is 19.4 Å². The van der Waals surface area contributed by atoms with Crippen molar-refractivity contribution in [1.82, 2.24) is 14.9 Å². The zero-order valence-corrected chi connectivity index (χ0v) is 19.5. The van der Waals surface area contributed by atoms with Gasteiger partial charge < -0.3 is 4.90 Å². The summed E-state index contributed by atoms with van der Waals surface area (Å²) in [4.78, 5) is 37.1. The van der Waals surface area contributed by atoms with Gasteiger partial charge in [-0.1, -0.05) is 59.4 Å². The van der Waals surface area contributed by atoms with Gasteiger partial charge in [-0.25, -0.2) is 9.97 Å². The van der Waals surface area contributed by atoms with Gasteiger partial charge in [-0.15, -0.1) is 0 Å². The van der Waals surface area contributed by atoms with Gasteiger partial charge in [-0.2, -0.15) is 0 Å². The van der Waals surface area contributed by atoms with Crippen molar-refractivity contribution in [3.05, 3.63) is 75.8 Å². The number of carbonyl (C=O) groups excluding carboxylic acids is 2. The highest BCUT2D eigenvalue weighted by Gasteiger charge is 2.22. The molecule has 2 aromatic heterocycles. The lowest BCUT2D eigenvalue weighted by atomic mass is 9.97. The van der Waals surface area contributed by atoms with E-state index in [0.29, 0.717) is 21.3 Å². The second-order valence-corrected chi connectivity index (χ2v) is 8.93. The van der Waals surface area contributed by atoms with E-state index < -0.39 is 0 Å². The highest BCUT2D eigenvalue weighted by atomic mass is 32.1. The van der Waals surface area contributed by atoms with E-state index in [-0.39, 0.29) is 11.8 Å². The molecule has 0 unspecified atom stereocenters. The predicted octanol–water partition coefficient (Wildman–Crippen LogP) is 5.24. The van der Waals surface area contributed by atoms with Gasteiger partial charge in [0, 0.05) is 25.0 Å². The molecule has 4 rings (SSSR count). The standard InChI is InChI=1S/C25H24N4O2S/c1-14-10-12-17(13-11-14)21-15(2)20(18-8-6-7-9-19(18)27-21)23(30)28-25-26-16(3)22(32-25)24(31)29(4)5/h6-13H,1-5H3,(H,26,28,30). The molecule has 162 valence electrons. The third-order valence-corrected chi connectivity index (χ3v) is 6.37. The molecule has 0 radical (unpaired) electrons. The van der Waals surface area contributed by atoms with Crippen LogP contribution in [-0.2, 0) is 0 Å². The average molecular weight is 445 g/mol. The molecular formula is C25H24N4O2S. The average Bonchev–Trinajstić information content (AvgIpc) is 3.12. The fourth-order valence-electron chi connectivity index (χ4n) is 3.60. The fourth-order valence-corrected chi connectivity index (χ4v) is 4.59. The first kappa shape index (κ1) is 21.6. The second kappa shape index (κ2) is 8.51. The molecule has 4 aromatic rings. The van der Waals surface area contributed by atoms with Gasteiger partial charge in [0.15, 0.2) is 5.13 Å². The maximum atomic E-state index is 13.4. The molecule has 2 aromatic carbocycles. The molecule has 0 saturated carbocycles. The monoisotopic (exact) mass is 444 g/mol. The molecule has 0 saturated heterocycles. The number of para-hydroxylation sites is 1. The van der Waals surface area contributed by atoms with E-state index in [9.17, 15) is 9.59 Å². The van der Waals surface area contributed by atoms with Gasteiger partial charge in [0.1, 0.15) is 4.88 Å². The minimum absolute atomic E-state index is 0.132. The van der Waals surface area contributed by atoms with Gasteiger partial charge >= 0.3 is 0 Å². The molecule has 0 aliphatic carbocycles. The van der Waals surface area contributed by atoms with Crippen molar-refractivity contribution >= 4 is 39.2 Å². The lowest BCUT2D eigenvalue weighted by Gasteiger charge is -2.14. The second-order valence-electron chi connectivity index (χ2n) is 7.93. The van der Waals surface area contributed by atoms with Crippen LogP contribution in [0, 0.1) is 20.8 Å². The van der Waals surface area contributed by atoms with Crippen molar-refractivity contribution < 1.29 is 9.59 Å². The van der Waals surface area contributed by atoms with Gasteiger partial charge in [-0.3, -0.25) is 14.9 Å². The van der Waals surface area contributed by atoms with Crippen LogP contribution in [-0.4, -0.2) is 40.8 Å². The molecule has 6 nitrogen and oxygen atoms in total. The number of anilines is 1. The van der Waals surface area contributed by atoms with Crippen LogP contribution in [0.25, 0.3) is 22.2 Å². The third-order valence-electron chi connectivity index (χ3n) is 5.31. The molecule has 7 heteroatoms. The first-order chi connectivity index (χ1) is 15.3. The van der Waals surface area contributed by atoms with Gasteiger partial charge in [0.2, 0.25) is 0 Å². The van der Waals surface area contributed by atoms with Crippen LogP contribution in [0.3, 0.4) is 0 Å². The summed E-state index contributed by atoms with van der Waals surface area (Å²) in [6.45, 7) is 5.72. The number of hydrogen-bond acceptors (Lipinski definition) is 5. The summed E-state index contributed by atoms with van der Waals surface area (Å²) in [6, 6.07) is 15.7. The number of nitrogens with one attached hydrogen (secondary N) is 1.